The molecular formula is C47H82N4O13. The molecule has 3 heterocycles. The van der Waals surface area contributed by atoms with Crippen LogP contribution in [-0.4, -0.2) is 173 Å². The van der Waals surface area contributed by atoms with E-state index in [0.717, 1.165) is 0 Å². The lowest BCUT2D eigenvalue weighted by atomic mass is 9.75. The Hall–Kier alpha value is -2.52. The molecule has 17 nitrogen and oxygen atoms in total. The van der Waals surface area contributed by atoms with Crippen LogP contribution in [-0.2, 0) is 33.2 Å². The number of benzene rings is 1. The third kappa shape index (κ3) is 11.8. The standard InChI is InChI=1S/C47H82N4O13/c1-15-35-46(11,57)39(53)31(7)49-25-27(3)23-44(9,56)40(64-42-37(52)34(22-28(4)60-42)51(13)43(55)50(12)33-20-18-17-19-21-33)29(5)38(30(6)41(54)62-35)63-36-24-45(10,59-14)47(58,26-48-16-2)32(8)61-36/h17-21,27-32,34-40,42,48-49,52-53,56-58H,15-16,22-26H2,1-14H3/t27-,28-,29+,30-,31-,32+,34+,35-,36+,37-,38+,39-,40-,42+,44-,45-,46-,47+/m1/s1. The van der Waals surface area contributed by atoms with E-state index in [1.165, 1.54) is 23.8 Å². The van der Waals surface area contributed by atoms with Crippen LogP contribution in [0.5, 0.6) is 0 Å². The zero-order chi connectivity index (χ0) is 48.1. The van der Waals surface area contributed by atoms with E-state index in [1.54, 1.807) is 62.6 Å². The predicted octanol–water partition coefficient (Wildman–Crippen LogP) is 3.16. The summed E-state index contributed by atoms with van der Waals surface area (Å²) in [6, 6.07) is 7.41. The fraction of sp³-hybridized carbons (Fsp3) is 0.830. The summed E-state index contributed by atoms with van der Waals surface area (Å²) in [6.07, 6.45) is -9.21. The van der Waals surface area contributed by atoms with Crippen molar-refractivity contribution in [3.05, 3.63) is 30.3 Å². The smallest absolute Gasteiger partial charge is 0.324 e. The highest BCUT2D eigenvalue weighted by Crippen LogP contribution is 2.43. The number of urea groups is 1. The third-order valence-electron chi connectivity index (χ3n) is 14.4. The second-order valence-corrected chi connectivity index (χ2v) is 19.6. The Morgan fingerprint density at radius 1 is 0.953 bits per heavy atom. The molecule has 17 heteroatoms. The summed E-state index contributed by atoms with van der Waals surface area (Å²) in [5.74, 6) is -2.97. The molecule has 0 radical (unpaired) electrons. The number of carbonyl (C=O) groups is 2. The highest BCUT2D eigenvalue weighted by molar-refractivity contribution is 5.91. The summed E-state index contributed by atoms with van der Waals surface area (Å²) in [7, 11) is 4.79. The van der Waals surface area contributed by atoms with Gasteiger partial charge in [-0.3, -0.25) is 9.69 Å². The normalized spacial score (nSPS) is 43.1. The van der Waals surface area contributed by atoms with Gasteiger partial charge in [-0.05, 0) is 98.9 Å². The van der Waals surface area contributed by atoms with Crippen LogP contribution in [0.25, 0.3) is 0 Å². The van der Waals surface area contributed by atoms with Crippen LogP contribution in [0.3, 0.4) is 0 Å². The molecule has 0 unspecified atom stereocenters. The van der Waals surface area contributed by atoms with Gasteiger partial charge >= 0.3 is 12.0 Å². The number of esters is 1. The minimum absolute atomic E-state index is 0.0448. The number of nitrogens with one attached hydrogen (secondary N) is 2. The average molecular weight is 911 g/mol. The Kier molecular flexibility index (Phi) is 18.6. The van der Waals surface area contributed by atoms with Crippen LogP contribution in [0.4, 0.5) is 10.5 Å². The fourth-order valence-electron chi connectivity index (χ4n) is 10.1. The van der Waals surface area contributed by atoms with Crippen molar-refractivity contribution in [3.8, 4) is 0 Å². The van der Waals surface area contributed by atoms with E-state index < -0.39 is 108 Å². The SMILES string of the molecule is CCNC[C@]1(O)[C@H](C)O[C@@H](O[C@H]2[C@H](C)[C@@H](O[C@@H]3O[C@H](C)C[C@H](N(C)C(=O)N(C)c4ccccc4)[C@H]3O)[C@](C)(O)C[C@@H](C)CN[C@H](C)[C@@H](O)[C@](C)(O)[C@@H](CC)OC(=O)[C@@H]2C)C[C@@]1(C)OC. The monoisotopic (exact) mass is 911 g/mol. The number of carbonyl (C=O) groups excluding carboxylic acids is 2. The van der Waals surface area contributed by atoms with Crippen molar-refractivity contribution in [3.63, 3.8) is 0 Å². The van der Waals surface area contributed by atoms with Crippen molar-refractivity contribution < 1.29 is 63.5 Å². The van der Waals surface area contributed by atoms with E-state index in [4.69, 9.17) is 28.4 Å². The average Bonchev–Trinajstić information content (AvgIpc) is 3.25. The van der Waals surface area contributed by atoms with Gasteiger partial charge in [0.25, 0.3) is 0 Å². The van der Waals surface area contributed by atoms with Crippen molar-refractivity contribution in [1.29, 1.82) is 0 Å². The minimum Gasteiger partial charge on any atom is -0.459 e. The van der Waals surface area contributed by atoms with Gasteiger partial charge < -0.3 is 69.5 Å². The second-order valence-electron chi connectivity index (χ2n) is 19.6. The molecule has 2 amide bonds. The molecule has 3 aliphatic rings. The van der Waals surface area contributed by atoms with Crippen molar-refractivity contribution in [2.75, 3.05) is 45.7 Å². The number of hydrogen-bond donors (Lipinski definition) is 7. The Bertz CT molecular complexity index is 1640. The van der Waals surface area contributed by atoms with Crippen molar-refractivity contribution >= 4 is 17.7 Å². The number of aliphatic hydroxyl groups excluding tert-OH is 2. The first-order valence-corrected chi connectivity index (χ1v) is 23.2. The zero-order valence-electron chi connectivity index (χ0n) is 40.8. The molecule has 0 bridgehead atoms. The number of aliphatic hydroxyl groups is 5. The number of amides is 2. The van der Waals surface area contributed by atoms with Gasteiger partial charge in [0.1, 0.15) is 35.1 Å². The number of ether oxygens (including phenoxy) is 6. The number of para-hydroxylation sites is 1. The summed E-state index contributed by atoms with van der Waals surface area (Å²) >= 11 is 0. The maximum atomic E-state index is 14.5. The summed E-state index contributed by atoms with van der Waals surface area (Å²) in [5.41, 5.74) is -5.53. The van der Waals surface area contributed by atoms with Gasteiger partial charge in [-0.25, -0.2) is 4.79 Å². The van der Waals surface area contributed by atoms with Gasteiger partial charge in [-0.2, -0.15) is 0 Å². The van der Waals surface area contributed by atoms with Crippen LogP contribution in [0.15, 0.2) is 30.3 Å². The van der Waals surface area contributed by atoms with Gasteiger partial charge in [-0.1, -0.05) is 45.9 Å². The topological polar surface area (TPSA) is 221 Å². The first-order valence-electron chi connectivity index (χ1n) is 23.2. The van der Waals surface area contributed by atoms with Crippen molar-refractivity contribution in [1.82, 2.24) is 15.5 Å². The largest absolute Gasteiger partial charge is 0.459 e. The van der Waals surface area contributed by atoms with Crippen LogP contribution >= 0.6 is 0 Å². The molecule has 64 heavy (non-hydrogen) atoms. The van der Waals surface area contributed by atoms with Gasteiger partial charge in [0.2, 0.25) is 0 Å². The van der Waals surface area contributed by atoms with Crippen molar-refractivity contribution in [2.45, 2.75) is 192 Å². The lowest BCUT2D eigenvalue weighted by Gasteiger charge is -2.53. The number of nitrogens with zero attached hydrogens (tertiary/aromatic N) is 2. The minimum atomic E-state index is -1.86. The lowest BCUT2D eigenvalue weighted by Crippen LogP contribution is -2.70. The Morgan fingerprint density at radius 3 is 2.19 bits per heavy atom. The molecular weight excluding hydrogens is 829 g/mol. The Morgan fingerprint density at radius 2 is 1.59 bits per heavy atom. The predicted molar refractivity (Wildman–Crippen MR) is 241 cm³/mol. The summed E-state index contributed by atoms with van der Waals surface area (Å²) in [6.45, 7) is 20.2. The van der Waals surface area contributed by atoms with Gasteiger partial charge in [0, 0.05) is 51.8 Å². The number of rotatable bonds is 11. The summed E-state index contributed by atoms with van der Waals surface area (Å²) < 4.78 is 38.5. The molecule has 1 aromatic rings. The molecule has 3 saturated heterocycles. The van der Waals surface area contributed by atoms with Gasteiger partial charge in [0.15, 0.2) is 12.6 Å². The Balaban J connectivity index is 1.80. The molecule has 3 aliphatic heterocycles. The molecule has 0 spiro atoms. The third-order valence-corrected chi connectivity index (χ3v) is 14.4. The van der Waals surface area contributed by atoms with E-state index >= 15 is 0 Å². The van der Waals surface area contributed by atoms with Crippen LogP contribution in [0.2, 0.25) is 0 Å². The first kappa shape index (κ1) is 54.1. The number of methoxy groups -OCH3 is 1. The maximum absolute atomic E-state index is 14.5. The molecule has 0 saturated carbocycles. The Labute approximate surface area is 381 Å². The van der Waals surface area contributed by atoms with Gasteiger partial charge in [0.05, 0.1) is 42.0 Å². The van der Waals surface area contributed by atoms with E-state index in [2.05, 4.69) is 10.6 Å². The molecule has 0 aromatic heterocycles. The lowest BCUT2D eigenvalue weighted by molar-refractivity contribution is -0.336. The molecule has 7 N–H and O–H groups in total. The molecule has 3 fully saturated rings. The quantitative estimate of drug-likeness (QED) is 0.159. The zero-order valence-corrected chi connectivity index (χ0v) is 40.8. The number of likely N-dealkylation sites (N-methyl/N-ethyl adjacent to an activating group) is 2. The molecule has 0 aliphatic carbocycles. The number of hydrogen-bond acceptors (Lipinski definition) is 15. The molecule has 368 valence electrons. The van der Waals surface area contributed by atoms with Crippen LogP contribution < -0.4 is 15.5 Å². The van der Waals surface area contributed by atoms with Crippen LogP contribution in [0, 0.1) is 17.8 Å². The first-order chi connectivity index (χ1) is 29.8. The van der Waals surface area contributed by atoms with Crippen LogP contribution in [0.1, 0.15) is 102 Å². The second kappa shape index (κ2) is 22.1. The number of anilines is 1. The van der Waals surface area contributed by atoms with Gasteiger partial charge in [-0.15, -0.1) is 0 Å². The summed E-state index contributed by atoms with van der Waals surface area (Å²) in [5, 5.41) is 66.6. The molecule has 18 atom stereocenters. The summed E-state index contributed by atoms with van der Waals surface area (Å²) in [4.78, 5) is 31.3. The fourth-order valence-corrected chi connectivity index (χ4v) is 10.1. The maximum Gasteiger partial charge on any atom is 0.324 e. The van der Waals surface area contributed by atoms with E-state index in [0.29, 0.717) is 25.2 Å². The molecule has 1 aromatic carbocycles. The number of cyclic esters (lactones) is 1. The van der Waals surface area contributed by atoms with Crippen molar-refractivity contribution in [2.24, 2.45) is 17.8 Å². The van der Waals surface area contributed by atoms with E-state index in [-0.39, 0.29) is 37.8 Å². The molecule has 4 rings (SSSR count). The van der Waals surface area contributed by atoms with E-state index in [1.807, 2.05) is 51.1 Å². The van der Waals surface area contributed by atoms with E-state index in [9.17, 15) is 35.1 Å². The highest BCUT2D eigenvalue weighted by atomic mass is 16.7. The highest BCUT2D eigenvalue weighted by Gasteiger charge is 2.58.